The molecule has 0 radical (unpaired) electrons. The zero-order valence-corrected chi connectivity index (χ0v) is 6.48. The van der Waals surface area contributed by atoms with Gasteiger partial charge in [0, 0.05) is 0 Å². The van der Waals surface area contributed by atoms with Gasteiger partial charge in [0.1, 0.15) is 0 Å². The van der Waals surface area contributed by atoms with Crippen LogP contribution in [-0.4, -0.2) is 0 Å². The molecule has 2 atom stereocenters. The van der Waals surface area contributed by atoms with Crippen LogP contribution in [0.25, 0.3) is 0 Å². The Bertz CT molecular complexity index is 113. The Kier molecular flexibility index (Phi) is 1.94. The van der Waals surface area contributed by atoms with Crippen molar-refractivity contribution in [2.45, 2.75) is 33.1 Å². The molecule has 0 heterocycles. The third kappa shape index (κ3) is 1.57. The van der Waals surface area contributed by atoms with E-state index in [0.717, 1.165) is 11.8 Å². The molecule has 0 aromatic heterocycles. The van der Waals surface area contributed by atoms with E-state index >= 15 is 0 Å². The van der Waals surface area contributed by atoms with Crippen molar-refractivity contribution >= 4 is 0 Å². The van der Waals surface area contributed by atoms with Crippen LogP contribution in [0.15, 0.2) is 12.2 Å². The lowest BCUT2D eigenvalue weighted by atomic mass is 9.80. The Morgan fingerprint density at radius 3 is 2.44 bits per heavy atom. The van der Waals surface area contributed by atoms with E-state index in [-0.39, 0.29) is 0 Å². The van der Waals surface area contributed by atoms with E-state index in [4.69, 9.17) is 0 Å². The van der Waals surface area contributed by atoms with Gasteiger partial charge < -0.3 is 0 Å². The first-order chi connectivity index (χ1) is 4.20. The first-order valence-electron chi connectivity index (χ1n) is 3.87. The van der Waals surface area contributed by atoms with Crippen molar-refractivity contribution in [1.82, 2.24) is 0 Å². The molecule has 0 heteroatoms. The Balaban J connectivity index is 2.44. The lowest BCUT2D eigenvalue weighted by Crippen LogP contribution is -2.14. The molecule has 0 bridgehead atoms. The monoisotopic (exact) mass is 124 g/mol. The van der Waals surface area contributed by atoms with Gasteiger partial charge in [-0.25, -0.2) is 0 Å². The van der Waals surface area contributed by atoms with E-state index in [9.17, 15) is 0 Å². The average Bonchev–Trinajstić information content (AvgIpc) is 1.80. The van der Waals surface area contributed by atoms with Gasteiger partial charge in [-0.2, -0.15) is 0 Å². The highest BCUT2D eigenvalue weighted by molar-refractivity contribution is 4.99. The van der Waals surface area contributed by atoms with Gasteiger partial charge in [0.15, 0.2) is 0 Å². The molecule has 0 N–H and O–H groups in total. The molecule has 1 aliphatic carbocycles. The molecule has 1 fully saturated rings. The van der Waals surface area contributed by atoms with Crippen LogP contribution in [0.2, 0.25) is 0 Å². The normalized spacial score (nSPS) is 36.9. The van der Waals surface area contributed by atoms with Gasteiger partial charge in [-0.05, 0) is 31.1 Å². The van der Waals surface area contributed by atoms with Gasteiger partial charge in [0.05, 0.1) is 0 Å². The van der Waals surface area contributed by atoms with Crippen LogP contribution < -0.4 is 0 Å². The number of hydrogen-bond donors (Lipinski definition) is 0. The Morgan fingerprint density at radius 2 is 2.00 bits per heavy atom. The average molecular weight is 124 g/mol. The van der Waals surface area contributed by atoms with Gasteiger partial charge in [-0.3, -0.25) is 0 Å². The number of allylic oxidation sites excluding steroid dienone is 1. The molecule has 1 rings (SSSR count). The van der Waals surface area contributed by atoms with Gasteiger partial charge in [0.25, 0.3) is 0 Å². The largest absolute Gasteiger partial charge is 0.0999 e. The standard InChI is InChI=1S/C9H16/c1-7-4-5-8(2)9(3)6-7/h8-9H,1,4-6H2,2-3H3/t8-,9+/m1/s1. The van der Waals surface area contributed by atoms with Crippen LogP contribution in [0.5, 0.6) is 0 Å². The molecule has 52 valence electrons. The summed E-state index contributed by atoms with van der Waals surface area (Å²) in [6.07, 6.45) is 3.90. The van der Waals surface area contributed by atoms with Crippen LogP contribution in [0.3, 0.4) is 0 Å². The molecule has 0 spiro atoms. The molecule has 0 aromatic rings. The summed E-state index contributed by atoms with van der Waals surface area (Å²) in [4.78, 5) is 0. The SMILES string of the molecule is C=C1CC[C@@H](C)[C@@H](C)C1. The summed E-state index contributed by atoms with van der Waals surface area (Å²) in [6.45, 7) is 8.67. The van der Waals surface area contributed by atoms with Crippen LogP contribution in [-0.2, 0) is 0 Å². The van der Waals surface area contributed by atoms with Crippen molar-refractivity contribution in [3.05, 3.63) is 12.2 Å². The first-order valence-corrected chi connectivity index (χ1v) is 3.87. The van der Waals surface area contributed by atoms with Crippen molar-refractivity contribution in [3.63, 3.8) is 0 Å². The van der Waals surface area contributed by atoms with Gasteiger partial charge >= 0.3 is 0 Å². The molecule has 0 amide bonds. The second-order valence-electron chi connectivity index (χ2n) is 3.45. The quantitative estimate of drug-likeness (QED) is 0.435. The maximum atomic E-state index is 4.00. The molecule has 0 unspecified atom stereocenters. The lowest BCUT2D eigenvalue weighted by molar-refractivity contribution is 0.324. The zero-order chi connectivity index (χ0) is 6.85. The minimum atomic E-state index is 0.881. The smallest absolute Gasteiger partial charge is 0.0295 e. The molecular weight excluding hydrogens is 108 g/mol. The third-order valence-electron chi connectivity index (χ3n) is 2.54. The van der Waals surface area contributed by atoms with Crippen molar-refractivity contribution in [1.29, 1.82) is 0 Å². The fourth-order valence-electron chi connectivity index (χ4n) is 1.47. The van der Waals surface area contributed by atoms with E-state index < -0.39 is 0 Å². The summed E-state index contributed by atoms with van der Waals surface area (Å²) < 4.78 is 0. The summed E-state index contributed by atoms with van der Waals surface area (Å²) in [5.41, 5.74) is 1.46. The maximum absolute atomic E-state index is 4.00. The van der Waals surface area contributed by atoms with E-state index in [1.54, 1.807) is 0 Å². The molecular formula is C9H16. The summed E-state index contributed by atoms with van der Waals surface area (Å²) in [5, 5.41) is 0. The van der Waals surface area contributed by atoms with E-state index in [1.165, 1.54) is 24.8 Å². The fraction of sp³-hybridized carbons (Fsp3) is 0.778. The predicted octanol–water partition coefficient (Wildman–Crippen LogP) is 3.00. The van der Waals surface area contributed by atoms with E-state index in [2.05, 4.69) is 20.4 Å². The van der Waals surface area contributed by atoms with Gasteiger partial charge in [-0.15, -0.1) is 0 Å². The summed E-state index contributed by atoms with van der Waals surface area (Å²) in [7, 11) is 0. The van der Waals surface area contributed by atoms with Crippen LogP contribution in [0.1, 0.15) is 33.1 Å². The predicted molar refractivity (Wildman–Crippen MR) is 41.3 cm³/mol. The van der Waals surface area contributed by atoms with Crippen molar-refractivity contribution in [2.75, 3.05) is 0 Å². The van der Waals surface area contributed by atoms with E-state index in [0.29, 0.717) is 0 Å². The van der Waals surface area contributed by atoms with Crippen LogP contribution in [0.4, 0.5) is 0 Å². The highest BCUT2D eigenvalue weighted by Crippen LogP contribution is 2.31. The molecule has 9 heavy (non-hydrogen) atoms. The molecule has 1 aliphatic rings. The molecule has 0 saturated heterocycles. The van der Waals surface area contributed by atoms with E-state index in [1.807, 2.05) is 0 Å². The summed E-state index contributed by atoms with van der Waals surface area (Å²) >= 11 is 0. The van der Waals surface area contributed by atoms with Gasteiger partial charge in [0.2, 0.25) is 0 Å². The Morgan fingerprint density at radius 1 is 1.33 bits per heavy atom. The molecule has 0 aliphatic heterocycles. The summed E-state index contributed by atoms with van der Waals surface area (Å²) in [6, 6.07) is 0. The van der Waals surface area contributed by atoms with Crippen molar-refractivity contribution in [2.24, 2.45) is 11.8 Å². The van der Waals surface area contributed by atoms with Crippen molar-refractivity contribution < 1.29 is 0 Å². The highest BCUT2D eigenvalue weighted by atomic mass is 14.2. The number of rotatable bonds is 0. The van der Waals surface area contributed by atoms with Crippen molar-refractivity contribution in [3.8, 4) is 0 Å². The highest BCUT2D eigenvalue weighted by Gasteiger charge is 2.18. The summed E-state index contributed by atoms with van der Waals surface area (Å²) in [5.74, 6) is 1.81. The minimum Gasteiger partial charge on any atom is -0.0999 e. The number of hydrogen-bond acceptors (Lipinski definition) is 0. The minimum absolute atomic E-state index is 0.881. The van der Waals surface area contributed by atoms with Crippen LogP contribution in [0, 0.1) is 11.8 Å². The molecule has 0 aromatic carbocycles. The first kappa shape index (κ1) is 6.85. The Labute approximate surface area is 58.0 Å². The fourth-order valence-corrected chi connectivity index (χ4v) is 1.47. The lowest BCUT2D eigenvalue weighted by Gasteiger charge is -2.26. The third-order valence-corrected chi connectivity index (χ3v) is 2.54. The van der Waals surface area contributed by atoms with Gasteiger partial charge in [-0.1, -0.05) is 26.0 Å². The zero-order valence-electron chi connectivity index (χ0n) is 6.48. The second-order valence-corrected chi connectivity index (χ2v) is 3.45. The maximum Gasteiger partial charge on any atom is -0.0295 e. The molecule has 0 nitrogen and oxygen atoms in total. The topological polar surface area (TPSA) is 0 Å². The molecule has 1 saturated carbocycles. The second kappa shape index (κ2) is 2.55. The van der Waals surface area contributed by atoms with Crippen LogP contribution >= 0.6 is 0 Å². The Hall–Kier alpha value is -0.260.